The van der Waals surface area contributed by atoms with Crippen LogP contribution >= 0.6 is 7.26 Å². The Balaban J connectivity index is 1.65. The van der Waals surface area contributed by atoms with Crippen molar-refractivity contribution in [1.82, 2.24) is 5.43 Å². The minimum atomic E-state index is -2.19. The number of hydrogen-bond acceptors (Lipinski definition) is 2. The number of hydrazone groups is 1. The van der Waals surface area contributed by atoms with Gasteiger partial charge in [0.1, 0.15) is 23.2 Å². The topological polar surface area (TPSA) is 24.4 Å². The lowest BCUT2D eigenvalue weighted by atomic mass is 10.2. The molecule has 0 atom stereocenters. The van der Waals surface area contributed by atoms with Crippen molar-refractivity contribution in [2.45, 2.75) is 0 Å². The molecule has 1 N–H and O–H groups in total. The molecule has 0 heterocycles. The van der Waals surface area contributed by atoms with E-state index >= 15 is 0 Å². The maximum absolute atomic E-state index is 4.62. The largest absolute Gasteiger partial charge is 0.274 e. The number of nitrogens with zero attached hydrogens (tertiary/aromatic N) is 1. The molecule has 0 aliphatic heterocycles. The first-order valence-corrected chi connectivity index (χ1v) is 14.6. The highest BCUT2D eigenvalue weighted by Gasteiger charge is 2.44. The fourth-order valence-electron chi connectivity index (χ4n) is 4.51. The standard InChI is InChI=1S/C35H30N2P/c1-6-17-30(18-7-1)19-16-28-36-37-35(31-20-8-2-9-21-31)29-38(32-22-10-3-11-23-32,33-24-12-4-13-25-33)34-26-14-5-15-27-34/h1-29,37H/q+1/b19-16+,35-29+,36-28-. The van der Waals surface area contributed by atoms with Gasteiger partial charge in [0, 0.05) is 11.8 Å². The summed E-state index contributed by atoms with van der Waals surface area (Å²) >= 11 is 0. The molecular formula is C35H30N2P+. The molecule has 38 heavy (non-hydrogen) atoms. The molecule has 5 rings (SSSR count). The molecule has 2 nitrogen and oxygen atoms in total. The van der Waals surface area contributed by atoms with Crippen molar-refractivity contribution < 1.29 is 0 Å². The van der Waals surface area contributed by atoms with Gasteiger partial charge in [-0.25, -0.2) is 0 Å². The maximum Gasteiger partial charge on any atom is 0.139 e. The summed E-state index contributed by atoms with van der Waals surface area (Å²) in [5.41, 5.74) is 6.59. The van der Waals surface area contributed by atoms with Gasteiger partial charge >= 0.3 is 0 Å². The molecule has 0 aliphatic carbocycles. The molecule has 0 amide bonds. The van der Waals surface area contributed by atoms with Crippen molar-refractivity contribution in [1.29, 1.82) is 0 Å². The number of nitrogens with one attached hydrogen (secondary N) is 1. The Morgan fingerprint density at radius 2 is 0.947 bits per heavy atom. The van der Waals surface area contributed by atoms with Crippen molar-refractivity contribution in [2.75, 3.05) is 0 Å². The molecule has 0 fully saturated rings. The second kappa shape index (κ2) is 12.6. The number of hydrogen-bond donors (Lipinski definition) is 1. The van der Waals surface area contributed by atoms with E-state index in [2.05, 4.69) is 144 Å². The Hall–Kier alpha value is -4.52. The first-order valence-electron chi connectivity index (χ1n) is 12.7. The van der Waals surface area contributed by atoms with Crippen LogP contribution in [0.15, 0.2) is 169 Å². The molecule has 5 aromatic carbocycles. The van der Waals surface area contributed by atoms with E-state index in [0.717, 1.165) is 16.8 Å². The Morgan fingerprint density at radius 1 is 0.526 bits per heavy atom. The lowest BCUT2D eigenvalue weighted by molar-refractivity contribution is 1.00. The zero-order valence-corrected chi connectivity index (χ0v) is 22.0. The van der Waals surface area contributed by atoms with E-state index in [0.29, 0.717) is 0 Å². The molecular weight excluding hydrogens is 479 g/mol. The van der Waals surface area contributed by atoms with Gasteiger partial charge in [-0.15, -0.1) is 0 Å². The van der Waals surface area contributed by atoms with Gasteiger partial charge in [0.05, 0.1) is 11.5 Å². The van der Waals surface area contributed by atoms with Crippen LogP contribution in [0.5, 0.6) is 0 Å². The van der Waals surface area contributed by atoms with Gasteiger partial charge in [-0.3, -0.25) is 5.43 Å². The molecule has 0 saturated carbocycles. The third-order valence-electron chi connectivity index (χ3n) is 6.33. The monoisotopic (exact) mass is 509 g/mol. The summed E-state index contributed by atoms with van der Waals surface area (Å²) in [6.07, 6.45) is 5.81. The fourth-order valence-corrected chi connectivity index (χ4v) is 8.37. The second-order valence-electron chi connectivity index (χ2n) is 8.80. The molecule has 0 radical (unpaired) electrons. The van der Waals surface area contributed by atoms with E-state index in [1.165, 1.54) is 15.9 Å². The molecule has 3 heteroatoms. The highest BCUT2D eigenvalue weighted by Crippen LogP contribution is 2.58. The summed E-state index contributed by atoms with van der Waals surface area (Å²) in [5.74, 6) is 2.42. The summed E-state index contributed by atoms with van der Waals surface area (Å²) in [7, 11) is -2.19. The minimum absolute atomic E-state index is 0.972. The first-order chi connectivity index (χ1) is 18.9. The summed E-state index contributed by atoms with van der Waals surface area (Å²) in [6.45, 7) is 0. The van der Waals surface area contributed by atoms with Crippen LogP contribution in [0.4, 0.5) is 0 Å². The molecule has 0 saturated heterocycles. The van der Waals surface area contributed by atoms with E-state index in [4.69, 9.17) is 0 Å². The van der Waals surface area contributed by atoms with Gasteiger partial charge in [0.25, 0.3) is 0 Å². The zero-order chi connectivity index (χ0) is 25.9. The van der Waals surface area contributed by atoms with Crippen LogP contribution < -0.4 is 21.3 Å². The number of allylic oxidation sites excluding steroid dienone is 1. The van der Waals surface area contributed by atoms with Crippen molar-refractivity contribution in [3.05, 3.63) is 175 Å². The second-order valence-corrected chi connectivity index (χ2v) is 12.1. The van der Waals surface area contributed by atoms with Crippen LogP contribution in [0.3, 0.4) is 0 Å². The highest BCUT2D eigenvalue weighted by atomic mass is 31.2. The van der Waals surface area contributed by atoms with Crippen molar-refractivity contribution in [3.8, 4) is 0 Å². The quantitative estimate of drug-likeness (QED) is 0.126. The van der Waals surface area contributed by atoms with Crippen molar-refractivity contribution in [2.24, 2.45) is 5.10 Å². The van der Waals surface area contributed by atoms with Crippen LogP contribution in [-0.4, -0.2) is 6.21 Å². The van der Waals surface area contributed by atoms with E-state index in [-0.39, 0.29) is 0 Å². The molecule has 184 valence electrons. The van der Waals surface area contributed by atoms with E-state index < -0.39 is 7.26 Å². The third-order valence-corrected chi connectivity index (χ3v) is 10.3. The smallest absolute Gasteiger partial charge is 0.139 e. The minimum Gasteiger partial charge on any atom is -0.274 e. The van der Waals surface area contributed by atoms with Crippen LogP contribution in [0.2, 0.25) is 0 Å². The average molecular weight is 510 g/mol. The van der Waals surface area contributed by atoms with Gasteiger partial charge < -0.3 is 0 Å². The van der Waals surface area contributed by atoms with Gasteiger partial charge in [0.15, 0.2) is 0 Å². The molecule has 0 aliphatic rings. The Bertz CT molecular complexity index is 1400. The fraction of sp³-hybridized carbons (Fsp3) is 0. The summed E-state index contributed by atoms with van der Waals surface area (Å²) in [6, 6.07) is 53.2. The Morgan fingerprint density at radius 3 is 1.42 bits per heavy atom. The van der Waals surface area contributed by atoms with Crippen LogP contribution in [-0.2, 0) is 0 Å². The predicted octanol–water partition coefficient (Wildman–Crippen LogP) is 7.27. The number of rotatable bonds is 9. The van der Waals surface area contributed by atoms with E-state index in [1.807, 2.05) is 36.4 Å². The van der Waals surface area contributed by atoms with Crippen LogP contribution in [0.25, 0.3) is 11.8 Å². The predicted molar refractivity (Wildman–Crippen MR) is 167 cm³/mol. The average Bonchev–Trinajstić information content (AvgIpc) is 3.01. The van der Waals surface area contributed by atoms with Crippen molar-refractivity contribution >= 4 is 41.2 Å². The summed E-state index contributed by atoms with van der Waals surface area (Å²) in [5, 5.41) is 8.49. The van der Waals surface area contributed by atoms with E-state index in [1.54, 1.807) is 6.21 Å². The normalized spacial score (nSPS) is 12.2. The van der Waals surface area contributed by atoms with Gasteiger partial charge in [0.2, 0.25) is 0 Å². The van der Waals surface area contributed by atoms with Gasteiger partial charge in [-0.1, -0.05) is 121 Å². The molecule has 0 spiro atoms. The molecule has 0 unspecified atom stereocenters. The zero-order valence-electron chi connectivity index (χ0n) is 21.1. The summed E-state index contributed by atoms with van der Waals surface area (Å²) < 4.78 is 0. The van der Waals surface area contributed by atoms with Crippen LogP contribution in [0.1, 0.15) is 11.1 Å². The highest BCUT2D eigenvalue weighted by molar-refractivity contribution is 7.98. The van der Waals surface area contributed by atoms with Crippen molar-refractivity contribution in [3.63, 3.8) is 0 Å². The lowest BCUT2D eigenvalue weighted by Gasteiger charge is -2.25. The Kier molecular flexibility index (Phi) is 8.36. The Labute approximate surface area is 226 Å². The first kappa shape index (κ1) is 25.1. The summed E-state index contributed by atoms with van der Waals surface area (Å²) in [4.78, 5) is 0. The molecule has 0 bridgehead atoms. The van der Waals surface area contributed by atoms with Gasteiger partial charge in [-0.2, -0.15) is 5.10 Å². The maximum atomic E-state index is 4.62. The molecule has 0 aromatic heterocycles. The molecule has 5 aromatic rings. The van der Waals surface area contributed by atoms with Crippen LogP contribution in [0, 0.1) is 0 Å². The number of benzene rings is 5. The van der Waals surface area contributed by atoms with Gasteiger partial charge in [-0.05, 0) is 48.0 Å². The van der Waals surface area contributed by atoms with E-state index in [9.17, 15) is 0 Å². The lowest BCUT2D eigenvalue weighted by Crippen LogP contribution is -2.30. The SMILES string of the molecule is C(/C=C/c1ccccc1)=N/N/C(=C/[P+](c1ccccc1)(c1ccccc1)c1ccccc1)c1ccccc1. The third kappa shape index (κ3) is 5.89.